The van der Waals surface area contributed by atoms with E-state index < -0.39 is 0 Å². The van der Waals surface area contributed by atoms with E-state index in [1.54, 1.807) is 0 Å². The van der Waals surface area contributed by atoms with Crippen LogP contribution in [-0.2, 0) is 6.42 Å². The molecular weight excluding hydrogens is 408 g/mol. The summed E-state index contributed by atoms with van der Waals surface area (Å²) in [6.07, 6.45) is 5.38. The van der Waals surface area contributed by atoms with Gasteiger partial charge in [0.15, 0.2) is 0 Å². The fraction of sp³-hybridized carbons (Fsp3) is 0.296. The second-order valence-electron chi connectivity index (χ2n) is 7.89. The molecule has 0 saturated heterocycles. The normalized spacial score (nSPS) is 12.0. The molecule has 0 aliphatic carbocycles. The molecule has 3 rings (SSSR count). The largest absolute Gasteiger partial charge is 0.298 e. The Bertz CT molecular complexity index is 965. The van der Waals surface area contributed by atoms with Crippen molar-refractivity contribution >= 4 is 29.6 Å². The van der Waals surface area contributed by atoms with Crippen molar-refractivity contribution in [1.29, 1.82) is 0 Å². The minimum Gasteiger partial charge on any atom is -0.298 e. The van der Waals surface area contributed by atoms with Crippen molar-refractivity contribution in [3.8, 4) is 0 Å². The monoisotopic (exact) mass is 436 g/mol. The highest BCUT2D eigenvalue weighted by Gasteiger charge is 2.13. The van der Waals surface area contributed by atoms with Crippen LogP contribution < -0.4 is 0 Å². The molecule has 30 heavy (non-hydrogen) atoms. The first-order valence-corrected chi connectivity index (χ1v) is 11.9. The van der Waals surface area contributed by atoms with Crippen LogP contribution in [0.3, 0.4) is 0 Å². The van der Waals surface area contributed by atoms with E-state index >= 15 is 0 Å². The third-order valence-corrected chi connectivity index (χ3v) is 6.99. The van der Waals surface area contributed by atoms with E-state index in [0.29, 0.717) is 5.92 Å². The zero-order chi connectivity index (χ0) is 21.3. The van der Waals surface area contributed by atoms with Crippen molar-refractivity contribution < 1.29 is 4.79 Å². The second-order valence-corrected chi connectivity index (χ2v) is 9.49. The highest BCUT2D eigenvalue weighted by Crippen LogP contribution is 2.30. The molecule has 156 valence electrons. The average Bonchev–Trinajstić information content (AvgIpc) is 2.76. The van der Waals surface area contributed by atoms with Gasteiger partial charge in [0, 0.05) is 15.5 Å². The third-order valence-electron chi connectivity index (χ3n) is 5.65. The van der Waals surface area contributed by atoms with Gasteiger partial charge in [0.1, 0.15) is 6.29 Å². The van der Waals surface area contributed by atoms with Crippen LogP contribution >= 0.6 is 23.4 Å². The van der Waals surface area contributed by atoms with Crippen LogP contribution in [0.2, 0.25) is 5.02 Å². The maximum atomic E-state index is 10.8. The minimum absolute atomic E-state index is 0.503. The first kappa shape index (κ1) is 22.7. The van der Waals surface area contributed by atoms with Crippen LogP contribution in [0.25, 0.3) is 0 Å². The highest BCUT2D eigenvalue weighted by molar-refractivity contribution is 7.99. The van der Waals surface area contributed by atoms with Crippen LogP contribution in [0.5, 0.6) is 0 Å². The molecule has 0 N–H and O–H groups in total. The van der Waals surface area contributed by atoms with Crippen LogP contribution in [0.1, 0.15) is 57.8 Å². The van der Waals surface area contributed by atoms with Gasteiger partial charge in [-0.05, 0) is 97.7 Å². The molecule has 3 heteroatoms. The Morgan fingerprint density at radius 2 is 1.73 bits per heavy atom. The first-order chi connectivity index (χ1) is 14.5. The second kappa shape index (κ2) is 11.4. The summed E-state index contributed by atoms with van der Waals surface area (Å²) in [6, 6.07) is 23.0. The number of aryl methyl sites for hydroxylation is 3. The smallest absolute Gasteiger partial charge is 0.150 e. The van der Waals surface area contributed by atoms with E-state index in [-0.39, 0.29) is 0 Å². The van der Waals surface area contributed by atoms with Gasteiger partial charge in [-0.2, -0.15) is 0 Å². The number of carbonyl (C=O) groups is 1. The zero-order valence-electron chi connectivity index (χ0n) is 17.7. The van der Waals surface area contributed by atoms with E-state index in [4.69, 9.17) is 11.6 Å². The quantitative estimate of drug-likeness (QED) is 0.181. The molecule has 0 saturated carbocycles. The summed E-state index contributed by atoms with van der Waals surface area (Å²) in [5.41, 5.74) is 6.19. The van der Waals surface area contributed by atoms with Gasteiger partial charge >= 0.3 is 0 Å². The number of hydrogen-bond acceptors (Lipinski definition) is 2. The van der Waals surface area contributed by atoms with Gasteiger partial charge in [0.05, 0.1) is 0 Å². The molecule has 1 unspecified atom stereocenters. The van der Waals surface area contributed by atoms with Crippen molar-refractivity contribution in [2.45, 2.75) is 50.3 Å². The fourth-order valence-corrected chi connectivity index (χ4v) is 4.77. The molecule has 0 bridgehead atoms. The lowest BCUT2D eigenvalue weighted by molar-refractivity contribution is 0.112. The fourth-order valence-electron chi connectivity index (χ4n) is 3.70. The van der Waals surface area contributed by atoms with Crippen molar-refractivity contribution in [2.24, 2.45) is 0 Å². The van der Waals surface area contributed by atoms with Gasteiger partial charge in [-0.15, -0.1) is 11.8 Å². The van der Waals surface area contributed by atoms with Crippen LogP contribution in [0.15, 0.2) is 71.6 Å². The standard InChI is InChI=1S/C27H29ClOS/c1-20-8-9-22(17-21(20)2)10-13-24(25-5-3-7-26(28)18-25)6-4-16-30-27-14-11-23(19-29)12-15-27/h3,5,7-9,11-12,14-15,17-19,24H,4,6,10,13,16H2,1-2H3. The van der Waals surface area contributed by atoms with E-state index in [0.717, 1.165) is 48.3 Å². The maximum Gasteiger partial charge on any atom is 0.150 e. The predicted molar refractivity (Wildman–Crippen MR) is 130 cm³/mol. The van der Waals surface area contributed by atoms with Crippen LogP contribution in [0, 0.1) is 13.8 Å². The Labute approximate surface area is 189 Å². The van der Waals surface area contributed by atoms with E-state index in [1.165, 1.54) is 27.1 Å². The summed E-state index contributed by atoms with van der Waals surface area (Å²) in [7, 11) is 0. The number of aldehydes is 1. The number of halogens is 1. The van der Waals surface area contributed by atoms with E-state index in [1.807, 2.05) is 42.1 Å². The van der Waals surface area contributed by atoms with Gasteiger partial charge in [-0.1, -0.05) is 54.1 Å². The van der Waals surface area contributed by atoms with E-state index in [2.05, 4.69) is 50.2 Å². The Balaban J connectivity index is 1.59. The summed E-state index contributed by atoms with van der Waals surface area (Å²) < 4.78 is 0. The van der Waals surface area contributed by atoms with Gasteiger partial charge < -0.3 is 0 Å². The molecule has 0 aromatic heterocycles. The number of thioether (sulfide) groups is 1. The topological polar surface area (TPSA) is 17.1 Å². The average molecular weight is 437 g/mol. The highest BCUT2D eigenvalue weighted by atomic mass is 35.5. The molecule has 1 atom stereocenters. The first-order valence-electron chi connectivity index (χ1n) is 10.5. The van der Waals surface area contributed by atoms with Crippen LogP contribution in [0.4, 0.5) is 0 Å². The van der Waals surface area contributed by atoms with Gasteiger partial charge in [-0.3, -0.25) is 4.79 Å². The molecule has 0 heterocycles. The Morgan fingerprint density at radius 1 is 0.933 bits per heavy atom. The lowest BCUT2D eigenvalue weighted by atomic mass is 9.88. The summed E-state index contributed by atoms with van der Waals surface area (Å²) in [6.45, 7) is 4.35. The SMILES string of the molecule is Cc1ccc(CCC(CCCSc2ccc(C=O)cc2)c2cccc(Cl)c2)cc1C. The zero-order valence-corrected chi connectivity index (χ0v) is 19.3. The van der Waals surface area contributed by atoms with Crippen molar-refractivity contribution in [1.82, 2.24) is 0 Å². The molecule has 3 aromatic rings. The number of hydrogen-bond donors (Lipinski definition) is 0. The number of carbonyl (C=O) groups excluding carboxylic acids is 1. The molecule has 0 amide bonds. The number of rotatable bonds is 10. The summed E-state index contributed by atoms with van der Waals surface area (Å²) >= 11 is 8.14. The molecule has 0 aliphatic heterocycles. The molecular formula is C27H29ClOS. The lowest BCUT2D eigenvalue weighted by Gasteiger charge is -2.18. The van der Waals surface area contributed by atoms with Crippen LogP contribution in [-0.4, -0.2) is 12.0 Å². The van der Waals surface area contributed by atoms with Gasteiger partial charge in [0.2, 0.25) is 0 Å². The van der Waals surface area contributed by atoms with Gasteiger partial charge in [-0.25, -0.2) is 0 Å². The summed E-state index contributed by atoms with van der Waals surface area (Å²) in [5.74, 6) is 1.57. The Kier molecular flexibility index (Phi) is 8.60. The molecule has 1 nitrogen and oxygen atoms in total. The predicted octanol–water partition coefficient (Wildman–Crippen LogP) is 8.06. The Morgan fingerprint density at radius 3 is 2.43 bits per heavy atom. The molecule has 0 aliphatic rings. The number of benzene rings is 3. The molecule has 0 fully saturated rings. The molecule has 3 aromatic carbocycles. The minimum atomic E-state index is 0.503. The van der Waals surface area contributed by atoms with Gasteiger partial charge in [0.25, 0.3) is 0 Å². The molecule has 0 radical (unpaired) electrons. The summed E-state index contributed by atoms with van der Waals surface area (Å²) in [4.78, 5) is 12.0. The van der Waals surface area contributed by atoms with Crippen molar-refractivity contribution in [3.63, 3.8) is 0 Å². The summed E-state index contributed by atoms with van der Waals surface area (Å²) in [5, 5.41) is 0.813. The Hall–Kier alpha value is -2.03. The maximum absolute atomic E-state index is 10.8. The van der Waals surface area contributed by atoms with Crippen molar-refractivity contribution in [3.05, 3.63) is 99.6 Å². The van der Waals surface area contributed by atoms with E-state index in [9.17, 15) is 4.79 Å². The molecule has 0 spiro atoms. The van der Waals surface area contributed by atoms with Crippen molar-refractivity contribution in [2.75, 3.05) is 5.75 Å². The third kappa shape index (κ3) is 6.75. The lowest BCUT2D eigenvalue weighted by Crippen LogP contribution is -2.03.